The van der Waals surface area contributed by atoms with Crippen LogP contribution in [0.25, 0.3) is 0 Å². The van der Waals surface area contributed by atoms with Gasteiger partial charge in [0.05, 0.1) is 12.1 Å². The Bertz CT molecular complexity index is 781. The predicted molar refractivity (Wildman–Crippen MR) is 84.7 cm³/mol. The average molecular weight is 348 g/mol. The van der Waals surface area contributed by atoms with E-state index >= 15 is 0 Å². The highest BCUT2D eigenvalue weighted by Gasteiger charge is 2.11. The topological polar surface area (TPSA) is 84.5 Å². The number of carbonyl (C=O) groups excluding carboxylic acids is 3. The smallest absolute Gasteiger partial charge is 0.338 e. The fourth-order valence-electron chi connectivity index (χ4n) is 1.80. The lowest BCUT2D eigenvalue weighted by Crippen LogP contribution is -2.35. The molecule has 2 aromatic rings. The van der Waals surface area contributed by atoms with Crippen molar-refractivity contribution < 1.29 is 27.9 Å². The average Bonchev–Trinajstić information content (AvgIpc) is 2.61. The quantitative estimate of drug-likeness (QED) is 0.781. The minimum absolute atomic E-state index is 0.0497. The van der Waals surface area contributed by atoms with E-state index in [1.807, 2.05) is 0 Å². The van der Waals surface area contributed by atoms with E-state index < -0.39 is 42.6 Å². The number of hydrogen-bond donors (Lipinski definition) is 2. The van der Waals surface area contributed by atoms with E-state index in [1.54, 1.807) is 18.2 Å². The molecule has 0 atom stereocenters. The van der Waals surface area contributed by atoms with Gasteiger partial charge in [-0.2, -0.15) is 0 Å². The Kier molecular flexibility index (Phi) is 6.16. The Morgan fingerprint density at radius 3 is 2.32 bits per heavy atom. The highest BCUT2D eigenvalue weighted by Crippen LogP contribution is 2.12. The first-order valence-corrected chi connectivity index (χ1v) is 7.19. The second kappa shape index (κ2) is 8.53. The molecule has 25 heavy (non-hydrogen) atoms. The fourth-order valence-corrected chi connectivity index (χ4v) is 1.80. The van der Waals surface area contributed by atoms with E-state index in [0.717, 1.165) is 12.1 Å². The van der Waals surface area contributed by atoms with E-state index in [2.05, 4.69) is 10.6 Å². The summed E-state index contributed by atoms with van der Waals surface area (Å²) in [6.45, 7) is -0.965. The summed E-state index contributed by atoms with van der Waals surface area (Å²) in [5.41, 5.74) is 0.347. The largest absolute Gasteiger partial charge is 0.452 e. The molecule has 0 aliphatic rings. The second-order valence-electron chi connectivity index (χ2n) is 4.90. The van der Waals surface area contributed by atoms with Crippen LogP contribution in [0.15, 0.2) is 48.5 Å². The lowest BCUT2D eigenvalue weighted by Gasteiger charge is -2.08. The minimum atomic E-state index is -1.10. The highest BCUT2D eigenvalue weighted by atomic mass is 19.2. The van der Waals surface area contributed by atoms with E-state index in [9.17, 15) is 23.2 Å². The van der Waals surface area contributed by atoms with Gasteiger partial charge in [-0.05, 0) is 24.3 Å². The summed E-state index contributed by atoms with van der Waals surface area (Å²) in [7, 11) is 0. The number of hydrogen-bond acceptors (Lipinski definition) is 4. The van der Waals surface area contributed by atoms with Gasteiger partial charge >= 0.3 is 5.97 Å². The number of anilines is 1. The number of amides is 2. The van der Waals surface area contributed by atoms with Gasteiger partial charge in [0.1, 0.15) is 0 Å². The molecule has 2 aromatic carbocycles. The van der Waals surface area contributed by atoms with Crippen molar-refractivity contribution in [1.29, 1.82) is 0 Å². The number of esters is 1. The zero-order valence-corrected chi connectivity index (χ0v) is 12.9. The molecule has 0 spiro atoms. The molecule has 0 heterocycles. The maximum Gasteiger partial charge on any atom is 0.338 e. The maximum absolute atomic E-state index is 13.0. The third kappa shape index (κ3) is 5.69. The summed E-state index contributed by atoms with van der Waals surface area (Å²) < 4.78 is 30.6. The monoisotopic (exact) mass is 348 g/mol. The standard InChI is InChI=1S/C17H14F2N2O4/c18-13-7-6-12(8-14(13)19)21-15(22)9-20-16(23)10-25-17(24)11-4-2-1-3-5-11/h1-8H,9-10H2,(H,20,23)(H,21,22). The summed E-state index contributed by atoms with van der Waals surface area (Å²) in [4.78, 5) is 34.8. The highest BCUT2D eigenvalue weighted by molar-refractivity contribution is 5.95. The molecule has 0 aromatic heterocycles. The van der Waals surface area contributed by atoms with Gasteiger partial charge in [-0.25, -0.2) is 13.6 Å². The molecule has 0 saturated heterocycles. The fraction of sp³-hybridized carbons (Fsp3) is 0.118. The van der Waals surface area contributed by atoms with Crippen LogP contribution in [0, 0.1) is 11.6 Å². The van der Waals surface area contributed by atoms with E-state index in [-0.39, 0.29) is 5.69 Å². The van der Waals surface area contributed by atoms with Crippen LogP contribution >= 0.6 is 0 Å². The van der Waals surface area contributed by atoms with E-state index in [4.69, 9.17) is 4.74 Å². The maximum atomic E-state index is 13.0. The van der Waals surface area contributed by atoms with Gasteiger partial charge in [-0.1, -0.05) is 18.2 Å². The summed E-state index contributed by atoms with van der Waals surface area (Å²) in [6, 6.07) is 11.0. The lowest BCUT2D eigenvalue weighted by molar-refractivity contribution is -0.126. The van der Waals surface area contributed by atoms with Gasteiger partial charge in [0.2, 0.25) is 5.91 Å². The van der Waals surface area contributed by atoms with Crippen molar-refractivity contribution in [3.05, 3.63) is 65.7 Å². The number of halogens is 2. The summed E-state index contributed by atoms with van der Waals surface area (Å²) >= 11 is 0. The molecule has 2 rings (SSSR count). The Morgan fingerprint density at radius 1 is 0.920 bits per heavy atom. The molecule has 0 radical (unpaired) electrons. The lowest BCUT2D eigenvalue weighted by atomic mass is 10.2. The molecule has 2 amide bonds. The van der Waals surface area contributed by atoms with Gasteiger partial charge in [-0.3, -0.25) is 9.59 Å². The van der Waals surface area contributed by atoms with Crippen molar-refractivity contribution in [1.82, 2.24) is 5.32 Å². The van der Waals surface area contributed by atoms with Crippen LogP contribution in [0.3, 0.4) is 0 Å². The summed E-state index contributed by atoms with van der Waals surface area (Å²) in [5.74, 6) is -4.12. The first-order valence-electron chi connectivity index (χ1n) is 7.19. The summed E-state index contributed by atoms with van der Waals surface area (Å²) in [6.07, 6.45) is 0. The molecule has 0 saturated carbocycles. The van der Waals surface area contributed by atoms with Gasteiger partial charge in [0, 0.05) is 11.8 Å². The Hall–Kier alpha value is -3.29. The third-order valence-electron chi connectivity index (χ3n) is 2.99. The molecule has 130 valence electrons. The van der Waals surface area contributed by atoms with Crippen LogP contribution in [0.4, 0.5) is 14.5 Å². The second-order valence-corrected chi connectivity index (χ2v) is 4.90. The molecule has 0 unspecified atom stereocenters. The van der Waals surface area contributed by atoms with Crippen molar-refractivity contribution >= 4 is 23.5 Å². The molecular weight excluding hydrogens is 334 g/mol. The number of rotatable bonds is 6. The minimum Gasteiger partial charge on any atom is -0.452 e. The number of nitrogens with one attached hydrogen (secondary N) is 2. The van der Waals surface area contributed by atoms with Crippen LogP contribution in [0.1, 0.15) is 10.4 Å². The van der Waals surface area contributed by atoms with E-state index in [1.165, 1.54) is 18.2 Å². The molecule has 0 aliphatic heterocycles. The van der Waals surface area contributed by atoms with Gasteiger partial charge in [0.25, 0.3) is 5.91 Å². The number of ether oxygens (including phenoxy) is 1. The van der Waals surface area contributed by atoms with Crippen LogP contribution in [0.2, 0.25) is 0 Å². The number of carbonyl (C=O) groups is 3. The van der Waals surface area contributed by atoms with Gasteiger partial charge in [0.15, 0.2) is 18.2 Å². The molecule has 8 heteroatoms. The zero-order valence-electron chi connectivity index (χ0n) is 12.9. The predicted octanol–water partition coefficient (Wildman–Crippen LogP) is 1.88. The molecule has 0 bridgehead atoms. The van der Waals surface area contributed by atoms with Crippen molar-refractivity contribution in [3.63, 3.8) is 0 Å². The Labute approximate surface area is 141 Å². The molecule has 2 N–H and O–H groups in total. The number of benzene rings is 2. The molecule has 0 fully saturated rings. The van der Waals surface area contributed by atoms with Crippen molar-refractivity contribution in [2.75, 3.05) is 18.5 Å². The van der Waals surface area contributed by atoms with Crippen molar-refractivity contribution in [3.8, 4) is 0 Å². The van der Waals surface area contributed by atoms with Crippen LogP contribution in [-0.4, -0.2) is 30.9 Å². The van der Waals surface area contributed by atoms with Crippen LogP contribution in [-0.2, 0) is 14.3 Å². The van der Waals surface area contributed by atoms with Gasteiger partial charge < -0.3 is 15.4 Å². The van der Waals surface area contributed by atoms with Crippen molar-refractivity contribution in [2.24, 2.45) is 0 Å². The third-order valence-corrected chi connectivity index (χ3v) is 2.99. The van der Waals surface area contributed by atoms with Crippen LogP contribution < -0.4 is 10.6 Å². The Balaban J connectivity index is 1.73. The first-order chi connectivity index (χ1) is 12.0. The van der Waals surface area contributed by atoms with Crippen molar-refractivity contribution in [2.45, 2.75) is 0 Å². The van der Waals surface area contributed by atoms with E-state index in [0.29, 0.717) is 5.56 Å². The molecule has 0 aliphatic carbocycles. The normalized spacial score (nSPS) is 10.0. The zero-order chi connectivity index (χ0) is 18.2. The van der Waals surface area contributed by atoms with Crippen LogP contribution in [0.5, 0.6) is 0 Å². The van der Waals surface area contributed by atoms with Gasteiger partial charge in [-0.15, -0.1) is 0 Å². The molecular formula is C17H14F2N2O4. The SMILES string of the molecule is O=C(COC(=O)c1ccccc1)NCC(=O)Nc1ccc(F)c(F)c1. The Morgan fingerprint density at radius 2 is 1.64 bits per heavy atom. The first kappa shape index (κ1) is 18.1. The summed E-state index contributed by atoms with van der Waals surface area (Å²) in [5, 5.41) is 4.53. The molecule has 6 nitrogen and oxygen atoms in total.